The predicted molar refractivity (Wildman–Crippen MR) is 100 cm³/mol. The summed E-state index contributed by atoms with van der Waals surface area (Å²) >= 11 is 0. The number of carbonyl (C=O) groups is 1. The number of hydrogen-bond acceptors (Lipinski definition) is 5. The number of likely N-dealkylation sites (tertiary alicyclic amines) is 1. The molecular weight excluding hydrogens is 342 g/mol. The molecule has 1 aliphatic rings. The van der Waals surface area contributed by atoms with Crippen LogP contribution in [0.2, 0.25) is 0 Å². The third kappa shape index (κ3) is 3.43. The number of nitrogens with zero attached hydrogens (tertiary/aromatic N) is 3. The summed E-state index contributed by atoms with van der Waals surface area (Å²) in [4.78, 5) is 19.0. The zero-order valence-corrected chi connectivity index (χ0v) is 15.3. The van der Waals surface area contributed by atoms with E-state index in [1.807, 2.05) is 66.4 Å². The second-order valence-corrected chi connectivity index (χ2v) is 6.72. The summed E-state index contributed by atoms with van der Waals surface area (Å²) < 4.78 is 10.7. The minimum absolute atomic E-state index is 0.0180. The van der Waals surface area contributed by atoms with Gasteiger partial charge >= 0.3 is 0 Å². The largest absolute Gasteiger partial charge is 0.497 e. The Bertz CT molecular complexity index is 939. The molecule has 138 valence electrons. The van der Waals surface area contributed by atoms with Gasteiger partial charge in [0.2, 0.25) is 17.6 Å². The van der Waals surface area contributed by atoms with Crippen LogP contribution in [-0.4, -0.2) is 34.6 Å². The van der Waals surface area contributed by atoms with E-state index in [1.165, 1.54) is 0 Å². The summed E-state index contributed by atoms with van der Waals surface area (Å²) in [7, 11) is 1.62. The number of methoxy groups -OCH3 is 1. The van der Waals surface area contributed by atoms with Crippen LogP contribution in [0.4, 0.5) is 0 Å². The van der Waals surface area contributed by atoms with Gasteiger partial charge in [-0.1, -0.05) is 47.6 Å². The van der Waals surface area contributed by atoms with Crippen molar-refractivity contribution >= 4 is 5.91 Å². The van der Waals surface area contributed by atoms with E-state index in [-0.39, 0.29) is 17.9 Å². The highest BCUT2D eigenvalue weighted by Crippen LogP contribution is 2.34. The van der Waals surface area contributed by atoms with E-state index in [2.05, 4.69) is 10.1 Å². The molecule has 0 radical (unpaired) electrons. The van der Waals surface area contributed by atoms with Crippen molar-refractivity contribution in [3.8, 4) is 17.1 Å². The van der Waals surface area contributed by atoms with Crippen molar-refractivity contribution < 1.29 is 14.1 Å². The Labute approximate surface area is 157 Å². The van der Waals surface area contributed by atoms with Gasteiger partial charge in [0.25, 0.3) is 0 Å². The van der Waals surface area contributed by atoms with E-state index in [9.17, 15) is 4.79 Å². The van der Waals surface area contributed by atoms with Gasteiger partial charge in [0, 0.05) is 18.5 Å². The van der Waals surface area contributed by atoms with Gasteiger partial charge in [-0.15, -0.1) is 0 Å². The van der Waals surface area contributed by atoms with Gasteiger partial charge in [0.15, 0.2) is 0 Å². The van der Waals surface area contributed by atoms with Crippen LogP contribution < -0.4 is 4.74 Å². The number of rotatable bonds is 5. The molecule has 0 N–H and O–H groups in total. The Balaban J connectivity index is 1.52. The van der Waals surface area contributed by atoms with Gasteiger partial charge in [-0.25, -0.2) is 0 Å². The van der Waals surface area contributed by atoms with Gasteiger partial charge < -0.3 is 14.2 Å². The first kappa shape index (κ1) is 17.3. The fourth-order valence-electron chi connectivity index (χ4n) is 3.46. The molecule has 1 aromatic heterocycles. The molecule has 1 aliphatic heterocycles. The lowest BCUT2D eigenvalue weighted by Gasteiger charge is -2.24. The molecule has 2 unspecified atom stereocenters. The van der Waals surface area contributed by atoms with Crippen LogP contribution in [0, 0.1) is 0 Å². The molecule has 2 aromatic carbocycles. The smallest absolute Gasteiger partial charge is 0.232 e. The maximum atomic E-state index is 12.6. The molecule has 1 fully saturated rings. The number of ether oxygens (including phenoxy) is 1. The molecule has 2 atom stereocenters. The Morgan fingerprint density at radius 3 is 2.78 bits per heavy atom. The number of amides is 1. The van der Waals surface area contributed by atoms with E-state index in [1.54, 1.807) is 7.11 Å². The molecule has 0 saturated carbocycles. The van der Waals surface area contributed by atoms with Crippen molar-refractivity contribution in [3.63, 3.8) is 0 Å². The van der Waals surface area contributed by atoms with Gasteiger partial charge in [0.1, 0.15) is 5.75 Å². The van der Waals surface area contributed by atoms with E-state index < -0.39 is 0 Å². The zero-order chi connectivity index (χ0) is 18.8. The van der Waals surface area contributed by atoms with Crippen molar-refractivity contribution in [3.05, 3.63) is 66.1 Å². The first-order valence-electron chi connectivity index (χ1n) is 8.98. The SMILES string of the molecule is COc1cccc(-c2noc(C3CC(=O)N(C(C)c4ccccc4)C3)n2)c1. The standard InChI is InChI=1S/C21H21N3O3/c1-14(15-7-4-3-5-8-15)24-13-17(12-19(24)25)21-22-20(23-27-21)16-9-6-10-18(11-16)26-2/h3-11,14,17H,12-13H2,1-2H3. The predicted octanol–water partition coefficient (Wildman–Crippen LogP) is 3.82. The lowest BCUT2D eigenvalue weighted by atomic mass is 10.1. The van der Waals surface area contributed by atoms with Gasteiger partial charge in [0.05, 0.1) is 19.1 Å². The summed E-state index contributed by atoms with van der Waals surface area (Å²) in [6, 6.07) is 17.6. The normalized spacial score (nSPS) is 17.9. The molecule has 0 spiro atoms. The average Bonchev–Trinajstić information content (AvgIpc) is 3.35. The third-order valence-electron chi connectivity index (χ3n) is 5.03. The number of benzene rings is 2. The summed E-state index contributed by atoms with van der Waals surface area (Å²) in [5.41, 5.74) is 1.94. The molecule has 6 heteroatoms. The Morgan fingerprint density at radius 1 is 1.19 bits per heavy atom. The zero-order valence-electron chi connectivity index (χ0n) is 15.3. The Kier molecular flexibility index (Phi) is 4.62. The second kappa shape index (κ2) is 7.23. The third-order valence-corrected chi connectivity index (χ3v) is 5.03. The molecular formula is C21H21N3O3. The van der Waals surface area contributed by atoms with E-state index in [0.717, 1.165) is 16.9 Å². The first-order chi connectivity index (χ1) is 13.2. The lowest BCUT2D eigenvalue weighted by Crippen LogP contribution is -2.28. The fourth-order valence-corrected chi connectivity index (χ4v) is 3.46. The van der Waals surface area contributed by atoms with Gasteiger partial charge in [-0.2, -0.15) is 4.98 Å². The van der Waals surface area contributed by atoms with Crippen LogP contribution in [0.5, 0.6) is 5.75 Å². The molecule has 1 amide bonds. The number of aromatic nitrogens is 2. The fraction of sp³-hybridized carbons (Fsp3) is 0.286. The highest BCUT2D eigenvalue weighted by molar-refractivity contribution is 5.80. The quantitative estimate of drug-likeness (QED) is 0.689. The van der Waals surface area contributed by atoms with Crippen molar-refractivity contribution in [1.29, 1.82) is 0 Å². The molecule has 2 heterocycles. The molecule has 6 nitrogen and oxygen atoms in total. The van der Waals surface area contributed by atoms with Crippen molar-refractivity contribution in [2.45, 2.75) is 25.3 Å². The van der Waals surface area contributed by atoms with Crippen LogP contribution in [0.25, 0.3) is 11.4 Å². The number of carbonyl (C=O) groups excluding carboxylic acids is 1. The topological polar surface area (TPSA) is 68.5 Å². The average molecular weight is 363 g/mol. The van der Waals surface area contributed by atoms with Crippen molar-refractivity contribution in [1.82, 2.24) is 15.0 Å². The van der Waals surface area contributed by atoms with E-state index >= 15 is 0 Å². The first-order valence-corrected chi connectivity index (χ1v) is 8.98. The highest BCUT2D eigenvalue weighted by Gasteiger charge is 2.37. The highest BCUT2D eigenvalue weighted by atomic mass is 16.5. The number of hydrogen-bond donors (Lipinski definition) is 0. The van der Waals surface area contributed by atoms with Crippen molar-refractivity contribution in [2.75, 3.05) is 13.7 Å². The Morgan fingerprint density at radius 2 is 2.00 bits per heavy atom. The summed E-state index contributed by atoms with van der Waals surface area (Å²) in [5.74, 6) is 1.76. The van der Waals surface area contributed by atoms with E-state index in [4.69, 9.17) is 9.26 Å². The monoisotopic (exact) mass is 363 g/mol. The molecule has 0 aliphatic carbocycles. The summed E-state index contributed by atoms with van der Waals surface area (Å²) in [5, 5.41) is 4.09. The Hall–Kier alpha value is -3.15. The van der Waals surface area contributed by atoms with Crippen LogP contribution in [-0.2, 0) is 4.79 Å². The minimum atomic E-state index is -0.0875. The minimum Gasteiger partial charge on any atom is -0.497 e. The van der Waals surface area contributed by atoms with Crippen LogP contribution in [0.15, 0.2) is 59.1 Å². The van der Waals surface area contributed by atoms with E-state index in [0.29, 0.717) is 24.7 Å². The molecule has 4 rings (SSSR count). The van der Waals surface area contributed by atoms with Gasteiger partial charge in [-0.3, -0.25) is 4.79 Å². The van der Waals surface area contributed by atoms with Crippen LogP contribution in [0.3, 0.4) is 0 Å². The lowest BCUT2D eigenvalue weighted by molar-refractivity contribution is -0.129. The van der Waals surface area contributed by atoms with Gasteiger partial charge in [-0.05, 0) is 24.6 Å². The van der Waals surface area contributed by atoms with Crippen molar-refractivity contribution in [2.24, 2.45) is 0 Å². The maximum absolute atomic E-state index is 12.6. The second-order valence-electron chi connectivity index (χ2n) is 6.72. The molecule has 0 bridgehead atoms. The molecule has 1 saturated heterocycles. The molecule has 3 aromatic rings. The molecule has 27 heavy (non-hydrogen) atoms. The van der Waals surface area contributed by atoms with Crippen LogP contribution in [0.1, 0.15) is 36.8 Å². The summed E-state index contributed by atoms with van der Waals surface area (Å²) in [6.45, 7) is 2.62. The summed E-state index contributed by atoms with van der Waals surface area (Å²) in [6.07, 6.45) is 0.386. The van der Waals surface area contributed by atoms with Crippen LogP contribution >= 0.6 is 0 Å². The maximum Gasteiger partial charge on any atom is 0.232 e.